The zero-order chi connectivity index (χ0) is 7.82. The van der Waals surface area contributed by atoms with Crippen molar-refractivity contribution in [2.45, 2.75) is 39.0 Å². The molecule has 0 aliphatic carbocycles. The average Bonchev–Trinajstić information content (AvgIpc) is 1.98. The van der Waals surface area contributed by atoms with Crippen molar-refractivity contribution < 1.29 is 0 Å². The van der Waals surface area contributed by atoms with Gasteiger partial charge in [0.15, 0.2) is 0 Å². The van der Waals surface area contributed by atoms with E-state index in [0.29, 0.717) is 0 Å². The molecule has 0 aromatic carbocycles. The van der Waals surface area contributed by atoms with Crippen molar-refractivity contribution in [3.8, 4) is 12.3 Å². The van der Waals surface area contributed by atoms with Gasteiger partial charge in [-0.2, -0.15) is 0 Å². The number of unbranched alkanes of at least 4 members (excludes halogenated alkanes) is 3. The molecule has 0 aromatic heterocycles. The molecule has 10 heavy (non-hydrogen) atoms. The SMILES string of the molecule is C#CC([CH2])CCCCCC. The predicted molar refractivity (Wildman–Crippen MR) is 46.4 cm³/mol. The van der Waals surface area contributed by atoms with Crippen LogP contribution in [-0.4, -0.2) is 0 Å². The lowest BCUT2D eigenvalue weighted by Crippen LogP contribution is -1.89. The van der Waals surface area contributed by atoms with Crippen LogP contribution < -0.4 is 0 Å². The van der Waals surface area contributed by atoms with Crippen LogP contribution in [0.2, 0.25) is 0 Å². The first-order chi connectivity index (χ1) is 4.81. The van der Waals surface area contributed by atoms with E-state index in [-0.39, 0.29) is 5.92 Å². The molecule has 1 atom stereocenters. The van der Waals surface area contributed by atoms with Gasteiger partial charge in [-0.25, -0.2) is 0 Å². The zero-order valence-corrected chi connectivity index (χ0v) is 6.90. The summed E-state index contributed by atoms with van der Waals surface area (Å²) in [4.78, 5) is 0. The van der Waals surface area contributed by atoms with E-state index in [4.69, 9.17) is 6.42 Å². The Morgan fingerprint density at radius 2 is 2.10 bits per heavy atom. The van der Waals surface area contributed by atoms with Gasteiger partial charge in [0.1, 0.15) is 0 Å². The molecule has 0 aromatic rings. The molecule has 0 heterocycles. The Balaban J connectivity index is 2.98. The van der Waals surface area contributed by atoms with Gasteiger partial charge in [0.2, 0.25) is 0 Å². The summed E-state index contributed by atoms with van der Waals surface area (Å²) in [6.45, 7) is 6.03. The van der Waals surface area contributed by atoms with Crippen molar-refractivity contribution in [1.82, 2.24) is 0 Å². The largest absolute Gasteiger partial charge is 0.120 e. The van der Waals surface area contributed by atoms with Crippen LogP contribution in [0.3, 0.4) is 0 Å². The van der Waals surface area contributed by atoms with Crippen LogP contribution in [0.5, 0.6) is 0 Å². The van der Waals surface area contributed by atoms with Crippen molar-refractivity contribution in [2.75, 3.05) is 0 Å². The molecule has 1 unspecified atom stereocenters. The predicted octanol–water partition coefficient (Wildman–Crippen LogP) is 3.04. The quantitative estimate of drug-likeness (QED) is 0.403. The second-order valence-corrected chi connectivity index (χ2v) is 2.71. The Hall–Kier alpha value is -0.440. The Kier molecular flexibility index (Phi) is 6.38. The highest BCUT2D eigenvalue weighted by Crippen LogP contribution is 2.08. The minimum Gasteiger partial charge on any atom is -0.120 e. The Bertz CT molecular complexity index is 97.1. The summed E-state index contributed by atoms with van der Waals surface area (Å²) in [6.07, 6.45) is 11.4. The molecule has 0 amide bonds. The lowest BCUT2D eigenvalue weighted by Gasteiger charge is -2.01. The summed E-state index contributed by atoms with van der Waals surface area (Å²) in [6, 6.07) is 0. The van der Waals surface area contributed by atoms with E-state index < -0.39 is 0 Å². The van der Waals surface area contributed by atoms with Gasteiger partial charge in [-0.15, -0.1) is 12.3 Å². The molecular weight excluding hydrogens is 120 g/mol. The smallest absolute Gasteiger partial charge is 0.0200 e. The van der Waals surface area contributed by atoms with E-state index in [9.17, 15) is 0 Å². The molecule has 0 saturated carbocycles. The molecule has 0 aliphatic rings. The van der Waals surface area contributed by atoms with Crippen molar-refractivity contribution in [1.29, 1.82) is 0 Å². The lowest BCUT2D eigenvalue weighted by molar-refractivity contribution is 0.597. The van der Waals surface area contributed by atoms with Crippen molar-refractivity contribution in [3.63, 3.8) is 0 Å². The van der Waals surface area contributed by atoms with E-state index in [2.05, 4.69) is 19.8 Å². The molecule has 0 rings (SSSR count). The van der Waals surface area contributed by atoms with E-state index in [1.54, 1.807) is 0 Å². The van der Waals surface area contributed by atoms with Gasteiger partial charge in [-0.1, -0.05) is 32.6 Å². The van der Waals surface area contributed by atoms with E-state index in [1.165, 1.54) is 25.7 Å². The Morgan fingerprint density at radius 3 is 2.60 bits per heavy atom. The zero-order valence-electron chi connectivity index (χ0n) is 6.90. The standard InChI is InChI=1S/C10H17/c1-4-6-7-8-9-10(3)5-2/h2,10H,3-4,6-9H2,1H3. The fourth-order valence-electron chi connectivity index (χ4n) is 0.901. The summed E-state index contributed by atoms with van der Waals surface area (Å²) >= 11 is 0. The summed E-state index contributed by atoms with van der Waals surface area (Å²) in [5, 5.41) is 0. The second kappa shape index (κ2) is 6.68. The highest BCUT2D eigenvalue weighted by Gasteiger charge is 1.94. The minimum atomic E-state index is 0.233. The first-order valence-electron chi connectivity index (χ1n) is 4.10. The third-order valence-electron chi connectivity index (χ3n) is 1.64. The van der Waals surface area contributed by atoms with Crippen LogP contribution >= 0.6 is 0 Å². The third kappa shape index (κ3) is 5.69. The van der Waals surface area contributed by atoms with Crippen molar-refractivity contribution >= 4 is 0 Å². The molecule has 1 radical (unpaired) electrons. The topological polar surface area (TPSA) is 0 Å². The van der Waals surface area contributed by atoms with Crippen molar-refractivity contribution in [3.05, 3.63) is 6.92 Å². The molecule has 0 fully saturated rings. The van der Waals surface area contributed by atoms with Crippen LogP contribution in [-0.2, 0) is 0 Å². The molecule has 0 heteroatoms. The second-order valence-electron chi connectivity index (χ2n) is 2.71. The molecule has 0 aliphatic heterocycles. The fourth-order valence-corrected chi connectivity index (χ4v) is 0.901. The maximum absolute atomic E-state index is 5.17. The van der Waals surface area contributed by atoms with Crippen LogP contribution in [0.15, 0.2) is 0 Å². The molecule has 0 N–H and O–H groups in total. The molecular formula is C10H17. The first-order valence-corrected chi connectivity index (χ1v) is 4.10. The average molecular weight is 137 g/mol. The van der Waals surface area contributed by atoms with Gasteiger partial charge >= 0.3 is 0 Å². The monoisotopic (exact) mass is 137 g/mol. The Labute approximate surface area is 65.0 Å². The Morgan fingerprint density at radius 1 is 1.40 bits per heavy atom. The van der Waals surface area contributed by atoms with Gasteiger partial charge in [-0.3, -0.25) is 0 Å². The van der Waals surface area contributed by atoms with E-state index in [0.717, 1.165) is 6.42 Å². The van der Waals surface area contributed by atoms with Gasteiger partial charge in [0, 0.05) is 5.92 Å². The summed E-state index contributed by atoms with van der Waals surface area (Å²) in [7, 11) is 0. The van der Waals surface area contributed by atoms with Gasteiger partial charge in [-0.05, 0) is 13.3 Å². The number of hydrogen-bond donors (Lipinski definition) is 0. The highest BCUT2D eigenvalue weighted by atomic mass is 14.0. The normalized spacial score (nSPS) is 12.5. The number of terminal acetylenes is 1. The van der Waals surface area contributed by atoms with Crippen LogP contribution in [0.1, 0.15) is 39.0 Å². The van der Waals surface area contributed by atoms with E-state index >= 15 is 0 Å². The molecule has 0 bridgehead atoms. The summed E-state index contributed by atoms with van der Waals surface area (Å²) < 4.78 is 0. The maximum atomic E-state index is 5.17. The van der Waals surface area contributed by atoms with Crippen molar-refractivity contribution in [2.24, 2.45) is 5.92 Å². The molecule has 57 valence electrons. The molecule has 0 saturated heterocycles. The van der Waals surface area contributed by atoms with Gasteiger partial charge in [0.05, 0.1) is 0 Å². The third-order valence-corrected chi connectivity index (χ3v) is 1.64. The number of hydrogen-bond acceptors (Lipinski definition) is 0. The first kappa shape index (κ1) is 9.56. The van der Waals surface area contributed by atoms with Gasteiger partial charge < -0.3 is 0 Å². The molecule has 0 spiro atoms. The van der Waals surface area contributed by atoms with Crippen LogP contribution in [0.4, 0.5) is 0 Å². The van der Waals surface area contributed by atoms with Gasteiger partial charge in [0.25, 0.3) is 0 Å². The molecule has 0 nitrogen and oxygen atoms in total. The van der Waals surface area contributed by atoms with Crippen LogP contribution in [0.25, 0.3) is 0 Å². The summed E-state index contributed by atoms with van der Waals surface area (Å²) in [5.74, 6) is 2.86. The lowest BCUT2D eigenvalue weighted by atomic mass is 10.0. The number of rotatable bonds is 5. The van der Waals surface area contributed by atoms with E-state index in [1.807, 2.05) is 0 Å². The van der Waals surface area contributed by atoms with Crippen LogP contribution in [0, 0.1) is 25.2 Å². The maximum Gasteiger partial charge on any atom is 0.0200 e. The highest BCUT2D eigenvalue weighted by molar-refractivity contribution is 4.93. The minimum absolute atomic E-state index is 0.233. The summed E-state index contributed by atoms with van der Waals surface area (Å²) in [5.41, 5.74) is 0. The fraction of sp³-hybridized carbons (Fsp3) is 0.700.